The summed E-state index contributed by atoms with van der Waals surface area (Å²) < 4.78 is 0. The fourth-order valence-corrected chi connectivity index (χ4v) is 1.47. The summed E-state index contributed by atoms with van der Waals surface area (Å²) in [5.74, 6) is -0.0400. The molecule has 1 heterocycles. The zero-order chi connectivity index (χ0) is 12.3. The molecule has 1 N–H and O–H groups in total. The van der Waals surface area contributed by atoms with Crippen LogP contribution in [0.2, 0.25) is 5.15 Å². The van der Waals surface area contributed by atoms with E-state index in [1.54, 1.807) is 6.20 Å². The number of nitrogens with one attached hydrogen (secondary N) is 1. The normalized spacial score (nSPS) is 11.3. The number of pyridine rings is 1. The molecule has 88 valence electrons. The minimum atomic E-state index is -0.0400. The highest BCUT2D eigenvalue weighted by Crippen LogP contribution is 2.23. The van der Waals surface area contributed by atoms with Gasteiger partial charge in [-0.1, -0.05) is 32.4 Å². The molecule has 0 atom stereocenters. The number of halogens is 1. The Labute approximate surface area is 101 Å². The van der Waals surface area contributed by atoms with Gasteiger partial charge in [-0.15, -0.1) is 0 Å². The summed E-state index contributed by atoms with van der Waals surface area (Å²) in [5.41, 5.74) is 1.51. The lowest BCUT2D eigenvalue weighted by Gasteiger charge is -2.17. The van der Waals surface area contributed by atoms with E-state index < -0.39 is 0 Å². The second-order valence-electron chi connectivity index (χ2n) is 5.14. The van der Waals surface area contributed by atoms with Gasteiger partial charge in [0.05, 0.1) is 5.69 Å². The van der Waals surface area contributed by atoms with E-state index in [0.29, 0.717) is 17.3 Å². The lowest BCUT2D eigenvalue weighted by atomic mass is 9.92. The third-order valence-electron chi connectivity index (χ3n) is 1.94. The van der Waals surface area contributed by atoms with Crippen molar-refractivity contribution in [2.24, 2.45) is 5.41 Å². The smallest absolute Gasteiger partial charge is 0.224 e. The molecule has 0 aliphatic rings. The molecule has 0 saturated heterocycles. The Morgan fingerprint density at radius 2 is 2.12 bits per heavy atom. The van der Waals surface area contributed by atoms with Gasteiger partial charge < -0.3 is 5.32 Å². The van der Waals surface area contributed by atoms with E-state index in [4.69, 9.17) is 11.6 Å². The monoisotopic (exact) mass is 240 g/mol. The fraction of sp³-hybridized carbons (Fsp3) is 0.500. The predicted molar refractivity (Wildman–Crippen MR) is 66.7 cm³/mol. The van der Waals surface area contributed by atoms with Crippen LogP contribution >= 0.6 is 11.6 Å². The minimum absolute atomic E-state index is 0.0339. The van der Waals surface area contributed by atoms with Crippen LogP contribution in [0.3, 0.4) is 0 Å². The fourth-order valence-electron chi connectivity index (χ4n) is 1.32. The lowest BCUT2D eigenvalue weighted by Crippen LogP contribution is -2.20. The van der Waals surface area contributed by atoms with E-state index in [-0.39, 0.29) is 11.3 Å². The number of carbonyl (C=O) groups excluding carboxylic acids is 1. The van der Waals surface area contributed by atoms with Crippen molar-refractivity contribution in [3.63, 3.8) is 0 Å². The Hall–Kier alpha value is -1.09. The quantitative estimate of drug-likeness (QED) is 0.805. The van der Waals surface area contributed by atoms with Crippen molar-refractivity contribution < 1.29 is 4.79 Å². The SMILES string of the molecule is Cc1cnc(Cl)c(NC(=O)CC(C)(C)C)c1. The van der Waals surface area contributed by atoms with E-state index in [9.17, 15) is 4.79 Å². The van der Waals surface area contributed by atoms with Gasteiger partial charge in [-0.25, -0.2) is 4.98 Å². The van der Waals surface area contributed by atoms with Crippen molar-refractivity contribution in [2.45, 2.75) is 34.1 Å². The standard InChI is InChI=1S/C12H17ClN2O/c1-8-5-9(11(13)14-7-8)15-10(16)6-12(2,3)4/h5,7H,6H2,1-4H3,(H,15,16). The predicted octanol–water partition coefficient (Wildman–Crippen LogP) is 3.42. The van der Waals surface area contributed by atoms with Crippen LogP contribution in [0.5, 0.6) is 0 Å². The largest absolute Gasteiger partial charge is 0.323 e. The molecule has 0 fully saturated rings. The average Bonchev–Trinajstić information content (AvgIpc) is 2.08. The molecule has 4 heteroatoms. The number of aromatic nitrogens is 1. The first-order valence-electron chi connectivity index (χ1n) is 5.20. The van der Waals surface area contributed by atoms with Gasteiger partial charge in [0.1, 0.15) is 0 Å². The molecular weight excluding hydrogens is 224 g/mol. The van der Waals surface area contributed by atoms with Crippen LogP contribution in [0.1, 0.15) is 32.8 Å². The van der Waals surface area contributed by atoms with Gasteiger partial charge in [0, 0.05) is 12.6 Å². The van der Waals surface area contributed by atoms with E-state index >= 15 is 0 Å². The van der Waals surface area contributed by atoms with E-state index in [2.05, 4.69) is 10.3 Å². The van der Waals surface area contributed by atoms with Gasteiger partial charge >= 0.3 is 0 Å². The molecule has 0 radical (unpaired) electrons. The molecule has 0 aliphatic heterocycles. The first-order valence-corrected chi connectivity index (χ1v) is 5.58. The van der Waals surface area contributed by atoms with E-state index in [0.717, 1.165) is 5.56 Å². The van der Waals surface area contributed by atoms with Crippen molar-refractivity contribution in [1.29, 1.82) is 0 Å². The summed E-state index contributed by atoms with van der Waals surface area (Å²) in [6, 6.07) is 1.82. The Kier molecular flexibility index (Phi) is 3.92. The Morgan fingerprint density at radius 3 is 2.69 bits per heavy atom. The molecule has 1 aromatic rings. The minimum Gasteiger partial charge on any atom is -0.323 e. The zero-order valence-corrected chi connectivity index (χ0v) is 10.9. The topological polar surface area (TPSA) is 42.0 Å². The number of hydrogen-bond acceptors (Lipinski definition) is 2. The third kappa shape index (κ3) is 4.19. The first kappa shape index (κ1) is 13.0. The first-order chi connectivity index (χ1) is 7.28. The third-order valence-corrected chi connectivity index (χ3v) is 2.24. The van der Waals surface area contributed by atoms with E-state index in [1.807, 2.05) is 33.8 Å². The highest BCUT2D eigenvalue weighted by atomic mass is 35.5. The molecule has 3 nitrogen and oxygen atoms in total. The molecule has 0 aromatic carbocycles. The van der Waals surface area contributed by atoms with Gasteiger partial charge in [0.15, 0.2) is 5.15 Å². The summed E-state index contributed by atoms with van der Waals surface area (Å²) in [5, 5.41) is 3.10. The molecular formula is C12H17ClN2O. The van der Waals surface area contributed by atoms with Gasteiger partial charge in [0.25, 0.3) is 0 Å². The second-order valence-corrected chi connectivity index (χ2v) is 5.49. The Balaban J connectivity index is 2.73. The van der Waals surface area contributed by atoms with Crippen LogP contribution in [0.25, 0.3) is 0 Å². The maximum Gasteiger partial charge on any atom is 0.224 e. The average molecular weight is 241 g/mol. The summed E-state index contributed by atoms with van der Waals surface area (Å²) in [6.45, 7) is 7.96. The molecule has 0 saturated carbocycles. The van der Waals surface area contributed by atoms with Crippen molar-refractivity contribution in [1.82, 2.24) is 4.98 Å². The number of anilines is 1. The van der Waals surface area contributed by atoms with Crippen LogP contribution in [-0.2, 0) is 4.79 Å². The summed E-state index contributed by atoms with van der Waals surface area (Å²) >= 11 is 5.89. The highest BCUT2D eigenvalue weighted by Gasteiger charge is 2.16. The van der Waals surface area contributed by atoms with Crippen molar-refractivity contribution in [3.8, 4) is 0 Å². The van der Waals surface area contributed by atoms with Crippen LogP contribution in [-0.4, -0.2) is 10.9 Å². The van der Waals surface area contributed by atoms with Crippen molar-refractivity contribution in [2.75, 3.05) is 5.32 Å². The Morgan fingerprint density at radius 1 is 1.50 bits per heavy atom. The molecule has 0 bridgehead atoms. The lowest BCUT2D eigenvalue weighted by molar-refractivity contribution is -0.117. The number of aryl methyl sites for hydroxylation is 1. The number of carbonyl (C=O) groups is 1. The van der Waals surface area contributed by atoms with Gasteiger partial charge in [-0.05, 0) is 24.0 Å². The molecule has 16 heavy (non-hydrogen) atoms. The van der Waals surface area contributed by atoms with E-state index in [1.165, 1.54) is 0 Å². The molecule has 0 unspecified atom stereocenters. The maximum absolute atomic E-state index is 11.7. The maximum atomic E-state index is 11.7. The Bertz CT molecular complexity index is 396. The van der Waals surface area contributed by atoms with Crippen LogP contribution in [0, 0.1) is 12.3 Å². The van der Waals surface area contributed by atoms with Crippen LogP contribution < -0.4 is 5.32 Å². The number of rotatable bonds is 2. The number of amides is 1. The molecule has 0 aliphatic carbocycles. The highest BCUT2D eigenvalue weighted by molar-refractivity contribution is 6.32. The van der Waals surface area contributed by atoms with Gasteiger partial charge in [0.2, 0.25) is 5.91 Å². The summed E-state index contributed by atoms with van der Waals surface area (Å²) in [6.07, 6.45) is 2.12. The van der Waals surface area contributed by atoms with Crippen LogP contribution in [0.15, 0.2) is 12.3 Å². The summed E-state index contributed by atoms with van der Waals surface area (Å²) in [7, 11) is 0. The van der Waals surface area contributed by atoms with Crippen molar-refractivity contribution in [3.05, 3.63) is 23.0 Å². The van der Waals surface area contributed by atoms with Gasteiger partial charge in [-0.3, -0.25) is 4.79 Å². The van der Waals surface area contributed by atoms with Crippen molar-refractivity contribution >= 4 is 23.2 Å². The van der Waals surface area contributed by atoms with Gasteiger partial charge in [-0.2, -0.15) is 0 Å². The summed E-state index contributed by atoms with van der Waals surface area (Å²) in [4.78, 5) is 15.7. The molecule has 1 rings (SSSR count). The number of hydrogen-bond donors (Lipinski definition) is 1. The molecule has 1 amide bonds. The molecule has 1 aromatic heterocycles. The molecule has 0 spiro atoms. The van der Waals surface area contributed by atoms with Crippen LogP contribution in [0.4, 0.5) is 5.69 Å². The second kappa shape index (κ2) is 4.83. The zero-order valence-electron chi connectivity index (χ0n) is 10.1. The number of nitrogens with zero attached hydrogens (tertiary/aromatic N) is 1.